The Morgan fingerprint density at radius 3 is 2.50 bits per heavy atom. The number of hydrogen-bond donors (Lipinski definition) is 1. The molecule has 0 radical (unpaired) electrons. The van der Waals surface area contributed by atoms with Gasteiger partial charge in [-0.15, -0.1) is 0 Å². The quantitative estimate of drug-likeness (QED) is 0.260. The number of rotatable bonds is 12. The molecule has 1 amide bonds. The van der Waals surface area contributed by atoms with Gasteiger partial charge in [-0.2, -0.15) is 0 Å². The van der Waals surface area contributed by atoms with Crippen molar-refractivity contribution in [2.45, 2.75) is 25.7 Å². The average Bonchev–Trinajstić information content (AvgIpc) is 2.35. The Morgan fingerprint density at radius 2 is 1.90 bits per heavy atom. The lowest BCUT2D eigenvalue weighted by atomic mass is 10.2. The Labute approximate surface area is 123 Å². The maximum Gasteiger partial charge on any atom is 0.243 e. The van der Waals surface area contributed by atoms with Crippen LogP contribution in [0.3, 0.4) is 0 Å². The van der Waals surface area contributed by atoms with E-state index in [0.29, 0.717) is 19.3 Å². The second-order valence-corrected chi connectivity index (χ2v) is 7.43. The van der Waals surface area contributed by atoms with E-state index in [1.165, 1.54) is 6.08 Å². The van der Waals surface area contributed by atoms with Crippen molar-refractivity contribution in [1.82, 2.24) is 5.32 Å². The van der Waals surface area contributed by atoms with Crippen molar-refractivity contribution in [1.29, 1.82) is 0 Å². The monoisotopic (exact) mass is 305 g/mol. The van der Waals surface area contributed by atoms with Crippen LogP contribution in [0.25, 0.3) is 0 Å². The van der Waals surface area contributed by atoms with E-state index in [9.17, 15) is 9.36 Å². The van der Waals surface area contributed by atoms with Crippen molar-refractivity contribution < 1.29 is 18.4 Å². The van der Waals surface area contributed by atoms with Crippen LogP contribution >= 0.6 is 8.03 Å². The number of hydrogen-bond acceptors (Lipinski definition) is 3. The molecule has 5 nitrogen and oxygen atoms in total. The van der Waals surface area contributed by atoms with E-state index in [1.807, 2.05) is 0 Å². The van der Waals surface area contributed by atoms with Crippen molar-refractivity contribution in [3.8, 4) is 0 Å². The van der Waals surface area contributed by atoms with Crippen LogP contribution in [0.1, 0.15) is 25.7 Å². The highest BCUT2D eigenvalue weighted by Crippen LogP contribution is 2.24. The molecule has 0 aliphatic carbocycles. The zero-order chi connectivity index (χ0) is 15.4. The molecule has 0 aromatic carbocycles. The molecule has 0 rings (SSSR count). The summed E-state index contributed by atoms with van der Waals surface area (Å²) in [6, 6.07) is 0. The zero-order valence-corrected chi connectivity index (χ0v) is 14.1. The summed E-state index contributed by atoms with van der Waals surface area (Å²) in [4.78, 5) is 10.9. The van der Waals surface area contributed by atoms with E-state index in [1.54, 1.807) is 0 Å². The molecule has 20 heavy (non-hydrogen) atoms. The molecular weight excluding hydrogens is 275 g/mol. The van der Waals surface area contributed by atoms with Gasteiger partial charge >= 0.3 is 0 Å². The third-order valence-corrected chi connectivity index (χ3v) is 4.11. The van der Waals surface area contributed by atoms with Gasteiger partial charge in [0.2, 0.25) is 5.91 Å². The van der Waals surface area contributed by atoms with Gasteiger partial charge in [-0.25, -0.2) is 0 Å². The molecule has 0 saturated carbocycles. The Balaban J connectivity index is 3.36. The van der Waals surface area contributed by atoms with Crippen molar-refractivity contribution in [3.63, 3.8) is 0 Å². The lowest BCUT2D eigenvalue weighted by Crippen LogP contribution is -2.37. The predicted octanol–water partition coefficient (Wildman–Crippen LogP) is 2.05. The Kier molecular flexibility index (Phi) is 10.7. The molecule has 0 aliphatic heterocycles. The molecule has 1 unspecified atom stereocenters. The molecule has 0 saturated heterocycles. The fraction of sp³-hybridized carbons (Fsp3) is 0.786. The van der Waals surface area contributed by atoms with E-state index in [4.69, 9.17) is 4.52 Å². The number of likely N-dealkylation sites (N-methyl/N-ethyl adjacent to an activating group) is 1. The highest BCUT2D eigenvalue weighted by Gasteiger charge is 2.07. The molecule has 0 aromatic rings. The molecule has 0 aliphatic rings. The van der Waals surface area contributed by atoms with Gasteiger partial charge in [0.25, 0.3) is 0 Å². The Morgan fingerprint density at radius 1 is 1.25 bits per heavy atom. The van der Waals surface area contributed by atoms with Crippen LogP contribution < -0.4 is 5.32 Å². The SMILES string of the molecule is C=CC(=O)NCCCCCC[PH](=O)OCC[N+](C)(C)C. The summed E-state index contributed by atoms with van der Waals surface area (Å²) in [5.41, 5.74) is 0. The van der Waals surface area contributed by atoms with E-state index in [2.05, 4.69) is 33.0 Å². The number of quaternary nitrogens is 1. The molecular formula is C14H30N2O3P+. The number of carbonyl (C=O) groups is 1. The van der Waals surface area contributed by atoms with Gasteiger partial charge in [-0.05, 0) is 18.9 Å². The number of unbranched alkanes of at least 4 members (excludes halogenated alkanes) is 3. The molecule has 0 bridgehead atoms. The highest BCUT2D eigenvalue weighted by molar-refractivity contribution is 7.39. The first-order chi connectivity index (χ1) is 9.35. The fourth-order valence-corrected chi connectivity index (χ4v) is 2.54. The van der Waals surface area contributed by atoms with Gasteiger partial charge in [0.15, 0.2) is 8.03 Å². The normalized spacial score (nSPS) is 12.9. The maximum atomic E-state index is 11.6. The smallest absolute Gasteiger partial charge is 0.243 e. The Hall–Kier alpha value is -0.640. The largest absolute Gasteiger partial charge is 0.353 e. The van der Waals surface area contributed by atoms with E-state index in [0.717, 1.165) is 36.7 Å². The average molecular weight is 305 g/mol. The van der Waals surface area contributed by atoms with Crippen LogP contribution in [-0.2, 0) is 13.9 Å². The molecule has 0 aromatic heterocycles. The maximum absolute atomic E-state index is 11.6. The first-order valence-electron chi connectivity index (χ1n) is 7.21. The second kappa shape index (κ2) is 11.1. The summed E-state index contributed by atoms with van der Waals surface area (Å²) in [5.74, 6) is -0.124. The van der Waals surface area contributed by atoms with Crippen LogP contribution in [0, 0.1) is 0 Å². The third-order valence-electron chi connectivity index (χ3n) is 2.82. The lowest BCUT2D eigenvalue weighted by molar-refractivity contribution is -0.870. The van der Waals surface area contributed by atoms with Gasteiger partial charge in [0.05, 0.1) is 21.1 Å². The lowest BCUT2D eigenvalue weighted by Gasteiger charge is -2.23. The van der Waals surface area contributed by atoms with E-state index < -0.39 is 8.03 Å². The third kappa shape index (κ3) is 13.8. The first-order valence-corrected chi connectivity index (χ1v) is 8.74. The van der Waals surface area contributed by atoms with Crippen LogP contribution in [-0.4, -0.2) is 57.4 Å². The summed E-state index contributed by atoms with van der Waals surface area (Å²) in [6.45, 7) is 5.51. The fourth-order valence-electron chi connectivity index (χ4n) is 1.54. The minimum absolute atomic E-state index is 0.124. The Bertz CT molecular complexity index is 314. The summed E-state index contributed by atoms with van der Waals surface area (Å²) in [7, 11) is 4.40. The summed E-state index contributed by atoms with van der Waals surface area (Å²) >= 11 is 0. The van der Waals surface area contributed by atoms with Crippen molar-refractivity contribution >= 4 is 13.9 Å². The van der Waals surface area contributed by atoms with Gasteiger partial charge < -0.3 is 14.3 Å². The van der Waals surface area contributed by atoms with Crippen molar-refractivity contribution in [2.24, 2.45) is 0 Å². The summed E-state index contributed by atoms with van der Waals surface area (Å²) < 4.78 is 17.8. The van der Waals surface area contributed by atoms with Crippen LogP contribution in [0.2, 0.25) is 0 Å². The molecule has 6 heteroatoms. The van der Waals surface area contributed by atoms with Crippen LogP contribution in [0.15, 0.2) is 12.7 Å². The van der Waals surface area contributed by atoms with Gasteiger partial charge in [0, 0.05) is 12.7 Å². The number of nitrogens with one attached hydrogen (secondary N) is 1. The summed E-state index contributed by atoms with van der Waals surface area (Å²) in [5, 5.41) is 2.74. The molecule has 0 fully saturated rings. The minimum Gasteiger partial charge on any atom is -0.353 e. The molecule has 118 valence electrons. The zero-order valence-electron chi connectivity index (χ0n) is 13.1. The molecule has 1 atom stereocenters. The first kappa shape index (κ1) is 19.4. The minimum atomic E-state index is -1.86. The second-order valence-electron chi connectivity index (χ2n) is 5.89. The number of amides is 1. The summed E-state index contributed by atoms with van der Waals surface area (Å²) in [6.07, 6.45) is 5.88. The topological polar surface area (TPSA) is 55.4 Å². The van der Waals surface area contributed by atoms with Gasteiger partial charge in [0.1, 0.15) is 13.2 Å². The van der Waals surface area contributed by atoms with Crippen molar-refractivity contribution in [2.75, 3.05) is 47.0 Å². The number of carbonyl (C=O) groups excluding carboxylic acids is 1. The van der Waals surface area contributed by atoms with Gasteiger partial charge in [-0.3, -0.25) is 9.36 Å². The molecule has 1 N–H and O–H groups in total. The predicted molar refractivity (Wildman–Crippen MR) is 84.4 cm³/mol. The highest BCUT2D eigenvalue weighted by atomic mass is 31.1. The number of nitrogens with zero attached hydrogens (tertiary/aromatic N) is 1. The van der Waals surface area contributed by atoms with E-state index in [-0.39, 0.29) is 5.91 Å². The molecule has 0 heterocycles. The van der Waals surface area contributed by atoms with Crippen molar-refractivity contribution in [3.05, 3.63) is 12.7 Å². The van der Waals surface area contributed by atoms with Gasteiger partial charge in [-0.1, -0.05) is 19.4 Å². The van der Waals surface area contributed by atoms with Crippen LogP contribution in [0.4, 0.5) is 0 Å². The van der Waals surface area contributed by atoms with Crippen LogP contribution in [0.5, 0.6) is 0 Å². The standard InChI is InChI=1S/C14H29N2O3P/c1-5-14(17)15-10-8-6-7-9-13-20(18)19-12-11-16(2,3)4/h5,20H,1,6-13H2,2-4H3/p+1. The molecule has 0 spiro atoms. The van der Waals surface area contributed by atoms with E-state index >= 15 is 0 Å².